The molecule has 1 rings (SSSR count). The van der Waals surface area contributed by atoms with Crippen LogP contribution in [-0.2, 0) is 0 Å². The third-order valence-corrected chi connectivity index (χ3v) is 3.25. The molecule has 0 unspecified atom stereocenters. The van der Waals surface area contributed by atoms with Gasteiger partial charge in [-0.05, 0) is 43.0 Å². The van der Waals surface area contributed by atoms with Crippen molar-refractivity contribution in [3.8, 4) is 0 Å². The molecule has 0 aliphatic carbocycles. The van der Waals surface area contributed by atoms with Crippen LogP contribution in [0.3, 0.4) is 0 Å². The third-order valence-electron chi connectivity index (χ3n) is 2.28. The van der Waals surface area contributed by atoms with Crippen LogP contribution in [0.15, 0.2) is 23.1 Å². The Morgan fingerprint density at radius 1 is 1.50 bits per heavy atom. The molecule has 0 aliphatic heterocycles. The van der Waals surface area contributed by atoms with Crippen LogP contribution >= 0.6 is 24.4 Å². The van der Waals surface area contributed by atoms with E-state index in [1.54, 1.807) is 11.8 Å². The molecule has 16 heavy (non-hydrogen) atoms. The minimum Gasteiger partial charge on any atom is -0.352 e. The third kappa shape index (κ3) is 4.10. The van der Waals surface area contributed by atoms with Crippen LogP contribution in [0.25, 0.3) is 0 Å². The highest BCUT2D eigenvalue weighted by atomic mass is 32.2. The van der Waals surface area contributed by atoms with Crippen LogP contribution in [0.5, 0.6) is 0 Å². The van der Waals surface area contributed by atoms with Gasteiger partial charge in [-0.2, -0.15) is 11.8 Å². The second-order valence-corrected chi connectivity index (χ2v) is 5.10. The summed E-state index contributed by atoms with van der Waals surface area (Å²) in [5.74, 6) is 1.07. The van der Waals surface area contributed by atoms with Gasteiger partial charge in [0.25, 0.3) is 5.91 Å². The van der Waals surface area contributed by atoms with Crippen molar-refractivity contribution in [1.82, 2.24) is 5.32 Å². The Labute approximate surface area is 107 Å². The average molecular weight is 255 g/mol. The lowest BCUT2D eigenvalue weighted by Crippen LogP contribution is -2.25. The zero-order valence-corrected chi connectivity index (χ0v) is 11.3. The number of rotatable bonds is 5. The van der Waals surface area contributed by atoms with E-state index in [9.17, 15) is 4.79 Å². The van der Waals surface area contributed by atoms with Gasteiger partial charge in [-0.15, -0.1) is 12.6 Å². The Bertz CT molecular complexity index is 366. The van der Waals surface area contributed by atoms with Gasteiger partial charge < -0.3 is 5.32 Å². The number of hydrogen-bond donors (Lipinski definition) is 2. The van der Waals surface area contributed by atoms with Crippen molar-refractivity contribution in [2.24, 2.45) is 0 Å². The molecule has 2 nitrogen and oxygen atoms in total. The molecule has 1 aromatic carbocycles. The minimum atomic E-state index is -0.00509. The fourth-order valence-electron chi connectivity index (χ4n) is 1.37. The van der Waals surface area contributed by atoms with Gasteiger partial charge in [-0.25, -0.2) is 0 Å². The van der Waals surface area contributed by atoms with E-state index in [1.807, 2.05) is 25.1 Å². The summed E-state index contributed by atoms with van der Waals surface area (Å²) >= 11 is 6.03. The number of hydrogen-bond acceptors (Lipinski definition) is 3. The number of nitrogens with one attached hydrogen (secondary N) is 1. The summed E-state index contributed by atoms with van der Waals surface area (Å²) in [6, 6.07) is 5.62. The Morgan fingerprint density at radius 3 is 2.94 bits per heavy atom. The van der Waals surface area contributed by atoms with Gasteiger partial charge in [-0.1, -0.05) is 6.07 Å². The maximum atomic E-state index is 11.8. The average Bonchev–Trinajstić information content (AvgIpc) is 2.27. The zero-order chi connectivity index (χ0) is 12.0. The summed E-state index contributed by atoms with van der Waals surface area (Å²) < 4.78 is 0. The first-order valence-corrected chi connectivity index (χ1v) is 7.06. The van der Waals surface area contributed by atoms with Crippen LogP contribution < -0.4 is 5.32 Å². The smallest absolute Gasteiger partial charge is 0.251 e. The lowest BCUT2D eigenvalue weighted by Gasteiger charge is -2.07. The van der Waals surface area contributed by atoms with Gasteiger partial charge in [0.15, 0.2) is 0 Å². The quantitative estimate of drug-likeness (QED) is 0.626. The van der Waals surface area contributed by atoms with E-state index >= 15 is 0 Å². The molecule has 0 bridgehead atoms. The lowest BCUT2D eigenvalue weighted by atomic mass is 10.1. The summed E-state index contributed by atoms with van der Waals surface area (Å²) in [6.45, 7) is 2.67. The van der Waals surface area contributed by atoms with Gasteiger partial charge in [0.2, 0.25) is 0 Å². The number of benzene rings is 1. The Morgan fingerprint density at radius 2 is 2.25 bits per heavy atom. The van der Waals surface area contributed by atoms with Crippen LogP contribution in [0.1, 0.15) is 22.3 Å². The molecule has 0 aliphatic rings. The molecule has 0 aromatic heterocycles. The SMILES string of the molecule is CSCCCNC(=O)c1cc(S)ccc1C. The fraction of sp³-hybridized carbons (Fsp3) is 0.417. The summed E-state index contributed by atoms with van der Waals surface area (Å²) in [6.07, 6.45) is 3.07. The van der Waals surface area contributed by atoms with Gasteiger partial charge >= 0.3 is 0 Å². The number of carbonyl (C=O) groups excluding carboxylic acids is 1. The van der Waals surface area contributed by atoms with E-state index < -0.39 is 0 Å². The van der Waals surface area contributed by atoms with E-state index in [-0.39, 0.29) is 5.91 Å². The number of carbonyl (C=O) groups is 1. The van der Waals surface area contributed by atoms with Crippen molar-refractivity contribution >= 4 is 30.3 Å². The predicted octanol–water partition coefficient (Wildman–Crippen LogP) is 2.77. The lowest BCUT2D eigenvalue weighted by molar-refractivity contribution is 0.0953. The van der Waals surface area contributed by atoms with Crippen molar-refractivity contribution in [1.29, 1.82) is 0 Å². The predicted molar refractivity (Wildman–Crippen MR) is 73.8 cm³/mol. The molecule has 0 atom stereocenters. The highest BCUT2D eigenvalue weighted by Crippen LogP contribution is 2.13. The van der Waals surface area contributed by atoms with E-state index in [4.69, 9.17) is 0 Å². The van der Waals surface area contributed by atoms with E-state index in [0.29, 0.717) is 0 Å². The summed E-state index contributed by atoms with van der Waals surface area (Å²) in [7, 11) is 0. The topological polar surface area (TPSA) is 29.1 Å². The number of amides is 1. The Hall–Kier alpha value is -0.610. The van der Waals surface area contributed by atoms with Crippen molar-refractivity contribution in [2.75, 3.05) is 18.6 Å². The maximum absolute atomic E-state index is 11.8. The largest absolute Gasteiger partial charge is 0.352 e. The molecule has 0 heterocycles. The first-order valence-electron chi connectivity index (χ1n) is 5.22. The molecular formula is C12H17NOS2. The van der Waals surface area contributed by atoms with Crippen molar-refractivity contribution < 1.29 is 4.79 Å². The summed E-state index contributed by atoms with van der Waals surface area (Å²) in [4.78, 5) is 12.6. The molecule has 0 fully saturated rings. The first-order chi connectivity index (χ1) is 7.65. The molecule has 1 amide bonds. The monoisotopic (exact) mass is 255 g/mol. The maximum Gasteiger partial charge on any atom is 0.251 e. The molecule has 0 saturated carbocycles. The molecule has 4 heteroatoms. The van der Waals surface area contributed by atoms with Gasteiger partial charge in [0.05, 0.1) is 0 Å². The van der Waals surface area contributed by atoms with Crippen LogP contribution in [-0.4, -0.2) is 24.5 Å². The molecule has 0 saturated heterocycles. The number of aryl methyl sites for hydroxylation is 1. The van der Waals surface area contributed by atoms with E-state index in [0.717, 1.165) is 34.7 Å². The first kappa shape index (κ1) is 13.5. The van der Waals surface area contributed by atoms with Gasteiger partial charge in [0.1, 0.15) is 0 Å². The molecule has 1 aromatic rings. The highest BCUT2D eigenvalue weighted by molar-refractivity contribution is 7.98. The van der Waals surface area contributed by atoms with Crippen LogP contribution in [0, 0.1) is 6.92 Å². The van der Waals surface area contributed by atoms with Crippen molar-refractivity contribution in [2.45, 2.75) is 18.2 Å². The normalized spacial score (nSPS) is 10.2. The zero-order valence-electron chi connectivity index (χ0n) is 9.62. The van der Waals surface area contributed by atoms with Crippen molar-refractivity contribution in [3.05, 3.63) is 29.3 Å². The van der Waals surface area contributed by atoms with Crippen LogP contribution in [0.4, 0.5) is 0 Å². The summed E-state index contributed by atoms with van der Waals surface area (Å²) in [5.41, 5.74) is 1.71. The van der Waals surface area contributed by atoms with Crippen molar-refractivity contribution in [3.63, 3.8) is 0 Å². The highest BCUT2D eigenvalue weighted by Gasteiger charge is 2.08. The molecule has 0 spiro atoms. The fourth-order valence-corrected chi connectivity index (χ4v) is 2.00. The molecule has 0 radical (unpaired) electrons. The summed E-state index contributed by atoms with van der Waals surface area (Å²) in [5, 5.41) is 2.92. The van der Waals surface area contributed by atoms with Gasteiger partial charge in [-0.3, -0.25) is 4.79 Å². The van der Waals surface area contributed by atoms with Gasteiger partial charge in [0, 0.05) is 17.0 Å². The molecular weight excluding hydrogens is 238 g/mol. The van der Waals surface area contributed by atoms with E-state index in [1.165, 1.54) is 0 Å². The number of thioether (sulfide) groups is 1. The number of thiol groups is 1. The van der Waals surface area contributed by atoms with Crippen LogP contribution in [0.2, 0.25) is 0 Å². The second-order valence-electron chi connectivity index (χ2n) is 3.60. The Kier molecular flexibility index (Phi) is 5.77. The molecule has 88 valence electrons. The minimum absolute atomic E-state index is 0.00509. The van der Waals surface area contributed by atoms with E-state index in [2.05, 4.69) is 24.2 Å². The molecule has 1 N–H and O–H groups in total. The Balaban J connectivity index is 2.55. The second kappa shape index (κ2) is 6.86. The standard InChI is InChI=1S/C12H17NOS2/c1-9-4-5-10(15)8-11(9)12(14)13-6-3-7-16-2/h4-5,8,15H,3,6-7H2,1-2H3,(H,13,14).